The number of thioether (sulfide) groups is 1. The topological polar surface area (TPSA) is 64.1 Å². The molecular formula is C20H18BrN3O2S. The van der Waals surface area contributed by atoms with Gasteiger partial charge in [0.15, 0.2) is 5.16 Å². The molecule has 0 radical (unpaired) electrons. The first-order valence-corrected chi connectivity index (χ1v) is 9.99. The first kappa shape index (κ1) is 19.4. The van der Waals surface area contributed by atoms with E-state index in [-0.39, 0.29) is 5.91 Å². The number of hydrogen-bond donors (Lipinski definition) is 1. The highest BCUT2D eigenvalue weighted by Crippen LogP contribution is 2.24. The Bertz CT molecular complexity index is 948. The molecule has 3 rings (SSSR count). The summed E-state index contributed by atoms with van der Waals surface area (Å²) < 4.78 is 5.72. The Morgan fingerprint density at radius 2 is 2.00 bits per heavy atom. The monoisotopic (exact) mass is 443 g/mol. The number of ether oxygens (including phenoxy) is 1. The Morgan fingerprint density at radius 1 is 1.22 bits per heavy atom. The molecule has 0 bridgehead atoms. The van der Waals surface area contributed by atoms with Gasteiger partial charge in [-0.15, -0.1) is 0 Å². The summed E-state index contributed by atoms with van der Waals surface area (Å²) in [6.07, 6.45) is 1.60. The highest BCUT2D eigenvalue weighted by atomic mass is 79.9. The van der Waals surface area contributed by atoms with E-state index in [1.54, 1.807) is 25.4 Å². The van der Waals surface area contributed by atoms with E-state index in [1.165, 1.54) is 22.9 Å². The van der Waals surface area contributed by atoms with Crippen LogP contribution in [0.4, 0.5) is 5.69 Å². The lowest BCUT2D eigenvalue weighted by molar-refractivity contribution is 0.102. The highest BCUT2D eigenvalue weighted by Gasteiger charge is 2.15. The summed E-state index contributed by atoms with van der Waals surface area (Å²) in [6.45, 7) is 2.06. The molecule has 0 aliphatic heterocycles. The van der Waals surface area contributed by atoms with Gasteiger partial charge >= 0.3 is 0 Å². The van der Waals surface area contributed by atoms with Gasteiger partial charge in [0.2, 0.25) is 0 Å². The van der Waals surface area contributed by atoms with Crippen LogP contribution in [-0.4, -0.2) is 23.0 Å². The van der Waals surface area contributed by atoms with Crippen molar-refractivity contribution in [3.05, 3.63) is 76.0 Å². The van der Waals surface area contributed by atoms with Crippen molar-refractivity contribution in [3.8, 4) is 5.75 Å². The number of nitrogens with one attached hydrogen (secondary N) is 1. The van der Waals surface area contributed by atoms with Crippen LogP contribution in [0.5, 0.6) is 5.75 Å². The van der Waals surface area contributed by atoms with Crippen LogP contribution in [0.15, 0.2) is 64.4 Å². The standard InChI is InChI=1S/C20H18BrN3O2S/c1-13-6-8-14(9-7-13)12-27-20-22-11-17(21)18(24-20)19(25)23-15-4-3-5-16(10-15)26-2/h3-11H,12H2,1-2H3,(H,23,25). The first-order valence-electron chi connectivity index (χ1n) is 8.21. The van der Waals surface area contributed by atoms with Crippen LogP contribution < -0.4 is 10.1 Å². The number of anilines is 1. The minimum atomic E-state index is -0.310. The zero-order chi connectivity index (χ0) is 19.2. The molecule has 0 aliphatic rings. The molecule has 3 aromatic rings. The molecule has 1 N–H and O–H groups in total. The second kappa shape index (κ2) is 9.01. The quantitative estimate of drug-likeness (QED) is 0.423. The average molecular weight is 444 g/mol. The SMILES string of the molecule is COc1cccc(NC(=O)c2nc(SCc3ccc(C)cc3)ncc2Br)c1. The zero-order valence-electron chi connectivity index (χ0n) is 14.9. The molecule has 1 heterocycles. The second-order valence-corrected chi connectivity index (χ2v) is 7.61. The van der Waals surface area contributed by atoms with Gasteiger partial charge in [0, 0.05) is 23.7 Å². The number of benzene rings is 2. The number of carbonyl (C=O) groups excluding carboxylic acids is 1. The fourth-order valence-corrected chi connectivity index (χ4v) is 3.45. The molecule has 0 unspecified atom stereocenters. The Morgan fingerprint density at radius 3 is 2.74 bits per heavy atom. The van der Waals surface area contributed by atoms with Crippen molar-refractivity contribution in [2.45, 2.75) is 17.8 Å². The van der Waals surface area contributed by atoms with Gasteiger partial charge in [-0.2, -0.15) is 0 Å². The number of methoxy groups -OCH3 is 1. The lowest BCUT2D eigenvalue weighted by atomic mass is 10.2. The number of halogens is 1. The maximum atomic E-state index is 12.6. The van der Waals surface area contributed by atoms with E-state index in [1.807, 2.05) is 12.1 Å². The summed E-state index contributed by atoms with van der Waals surface area (Å²) >= 11 is 4.85. The van der Waals surface area contributed by atoms with E-state index >= 15 is 0 Å². The molecule has 0 saturated heterocycles. The van der Waals surface area contributed by atoms with Gasteiger partial charge in [-0.05, 0) is 40.5 Å². The third-order valence-electron chi connectivity index (χ3n) is 3.75. The maximum Gasteiger partial charge on any atom is 0.275 e. The first-order chi connectivity index (χ1) is 13.0. The third-order valence-corrected chi connectivity index (χ3v) is 5.27. The fourth-order valence-electron chi connectivity index (χ4n) is 2.30. The molecule has 1 aromatic heterocycles. The molecule has 0 spiro atoms. The van der Waals surface area contributed by atoms with E-state index in [9.17, 15) is 4.79 Å². The van der Waals surface area contributed by atoms with Crippen molar-refractivity contribution >= 4 is 39.3 Å². The Labute approximate surface area is 170 Å². The Hall–Kier alpha value is -2.38. The average Bonchev–Trinajstić information content (AvgIpc) is 2.68. The summed E-state index contributed by atoms with van der Waals surface area (Å²) in [5, 5.41) is 3.38. The predicted molar refractivity (Wildman–Crippen MR) is 111 cm³/mol. The van der Waals surface area contributed by atoms with Crippen molar-refractivity contribution in [1.82, 2.24) is 9.97 Å². The van der Waals surface area contributed by atoms with Crippen molar-refractivity contribution in [3.63, 3.8) is 0 Å². The smallest absolute Gasteiger partial charge is 0.275 e. The van der Waals surface area contributed by atoms with Crippen LogP contribution in [0.3, 0.4) is 0 Å². The van der Waals surface area contributed by atoms with E-state index < -0.39 is 0 Å². The summed E-state index contributed by atoms with van der Waals surface area (Å²) in [4.78, 5) is 21.3. The fraction of sp³-hybridized carbons (Fsp3) is 0.150. The van der Waals surface area contributed by atoms with Gasteiger partial charge in [-0.3, -0.25) is 4.79 Å². The van der Waals surface area contributed by atoms with Gasteiger partial charge in [-0.25, -0.2) is 9.97 Å². The Balaban J connectivity index is 1.72. The number of carbonyl (C=O) groups is 1. The molecule has 0 saturated carbocycles. The van der Waals surface area contributed by atoms with E-state index in [2.05, 4.69) is 62.4 Å². The lowest BCUT2D eigenvalue weighted by Gasteiger charge is -2.09. The van der Waals surface area contributed by atoms with Crippen LogP contribution in [0.25, 0.3) is 0 Å². The van der Waals surface area contributed by atoms with E-state index in [4.69, 9.17) is 4.74 Å². The largest absolute Gasteiger partial charge is 0.497 e. The van der Waals surface area contributed by atoms with Crippen molar-refractivity contribution < 1.29 is 9.53 Å². The second-order valence-electron chi connectivity index (χ2n) is 5.81. The molecule has 5 nitrogen and oxygen atoms in total. The van der Waals surface area contributed by atoms with Gasteiger partial charge in [0.25, 0.3) is 5.91 Å². The number of aryl methyl sites for hydroxylation is 1. The van der Waals surface area contributed by atoms with Crippen LogP contribution in [0.2, 0.25) is 0 Å². The number of nitrogens with zero attached hydrogens (tertiary/aromatic N) is 2. The van der Waals surface area contributed by atoms with E-state index in [0.29, 0.717) is 26.8 Å². The highest BCUT2D eigenvalue weighted by molar-refractivity contribution is 9.10. The van der Waals surface area contributed by atoms with Crippen LogP contribution in [0, 0.1) is 6.92 Å². The molecule has 0 fully saturated rings. The molecule has 2 aromatic carbocycles. The van der Waals surface area contributed by atoms with Crippen molar-refractivity contribution in [1.29, 1.82) is 0 Å². The summed E-state index contributed by atoms with van der Waals surface area (Å²) in [5.41, 5.74) is 3.33. The molecule has 138 valence electrons. The summed E-state index contributed by atoms with van der Waals surface area (Å²) in [6, 6.07) is 15.5. The van der Waals surface area contributed by atoms with Gasteiger partial charge < -0.3 is 10.1 Å². The third kappa shape index (κ3) is 5.30. The number of aromatic nitrogens is 2. The number of hydrogen-bond acceptors (Lipinski definition) is 5. The van der Waals surface area contributed by atoms with Crippen LogP contribution in [-0.2, 0) is 5.75 Å². The lowest BCUT2D eigenvalue weighted by Crippen LogP contribution is -2.15. The molecule has 0 aliphatic carbocycles. The van der Waals surface area contributed by atoms with Gasteiger partial charge in [0.05, 0.1) is 11.6 Å². The van der Waals surface area contributed by atoms with Crippen molar-refractivity contribution in [2.75, 3.05) is 12.4 Å². The molecule has 0 atom stereocenters. The van der Waals surface area contributed by atoms with Gasteiger partial charge in [0.1, 0.15) is 11.4 Å². The van der Waals surface area contributed by atoms with Crippen LogP contribution in [0.1, 0.15) is 21.6 Å². The molecule has 27 heavy (non-hydrogen) atoms. The molecular weight excluding hydrogens is 426 g/mol. The minimum Gasteiger partial charge on any atom is -0.497 e. The summed E-state index contributed by atoms with van der Waals surface area (Å²) in [5.74, 6) is 1.09. The summed E-state index contributed by atoms with van der Waals surface area (Å²) in [7, 11) is 1.58. The maximum absolute atomic E-state index is 12.6. The molecule has 7 heteroatoms. The van der Waals surface area contributed by atoms with Crippen molar-refractivity contribution in [2.24, 2.45) is 0 Å². The van der Waals surface area contributed by atoms with E-state index in [0.717, 1.165) is 5.75 Å². The number of rotatable bonds is 6. The Kier molecular flexibility index (Phi) is 6.47. The predicted octanol–water partition coefficient (Wildman–Crippen LogP) is 5.10. The minimum absolute atomic E-state index is 0.291. The normalized spacial score (nSPS) is 10.5. The molecule has 1 amide bonds. The van der Waals surface area contributed by atoms with Crippen LogP contribution >= 0.6 is 27.7 Å². The zero-order valence-corrected chi connectivity index (χ0v) is 17.3. The number of amides is 1. The van der Waals surface area contributed by atoms with Gasteiger partial charge in [-0.1, -0.05) is 47.7 Å².